The lowest BCUT2D eigenvalue weighted by molar-refractivity contribution is -0.137. The minimum absolute atomic E-state index is 0.128. The molecular weight excluding hydrogens is 333 g/mol. The Morgan fingerprint density at radius 3 is 2.60 bits per heavy atom. The fraction of sp³-hybridized carbons (Fsp3) is 0.412. The zero-order chi connectivity index (χ0) is 18.4. The number of alkyl halides is 3. The van der Waals surface area contributed by atoms with E-state index in [1.165, 1.54) is 6.07 Å². The average Bonchev–Trinajstić information content (AvgIpc) is 2.88. The quantitative estimate of drug-likeness (QED) is 0.637. The first-order valence-electron chi connectivity index (χ1n) is 7.90. The number of nitrogens with one attached hydrogen (secondary N) is 2. The monoisotopic (exact) mass is 354 g/mol. The molecule has 0 unspecified atom stereocenters. The molecule has 1 aromatic carbocycles. The van der Waals surface area contributed by atoms with Gasteiger partial charge in [-0.05, 0) is 38.5 Å². The largest absolute Gasteiger partial charge is 0.444 e. The molecule has 0 radical (unpaired) electrons. The number of oxazole rings is 1. The zero-order valence-electron chi connectivity index (χ0n) is 14.4. The Labute approximate surface area is 144 Å². The molecular formula is C17H21F3N4O. The molecule has 1 heterocycles. The van der Waals surface area contributed by atoms with Crippen LogP contribution in [0.2, 0.25) is 0 Å². The van der Waals surface area contributed by atoms with Crippen molar-refractivity contribution in [3.8, 4) is 0 Å². The van der Waals surface area contributed by atoms with E-state index in [-0.39, 0.29) is 6.54 Å². The van der Waals surface area contributed by atoms with E-state index in [1.807, 2.05) is 20.8 Å². The molecule has 0 fully saturated rings. The SMILES string of the molecule is CCNC(=NCc1cccc(C(F)(F)F)c1)NCc1nc(C)c(C)o1. The molecule has 0 aliphatic rings. The summed E-state index contributed by atoms with van der Waals surface area (Å²) in [6.07, 6.45) is -4.36. The van der Waals surface area contributed by atoms with Crippen molar-refractivity contribution in [2.75, 3.05) is 6.54 Å². The second-order valence-electron chi connectivity index (χ2n) is 5.50. The number of nitrogens with zero attached hydrogens (tertiary/aromatic N) is 2. The molecule has 0 amide bonds. The third-order valence-corrected chi connectivity index (χ3v) is 3.50. The molecule has 136 valence electrons. The second-order valence-corrected chi connectivity index (χ2v) is 5.50. The van der Waals surface area contributed by atoms with Gasteiger partial charge in [-0.15, -0.1) is 0 Å². The van der Waals surface area contributed by atoms with E-state index in [1.54, 1.807) is 6.07 Å². The fourth-order valence-corrected chi connectivity index (χ4v) is 2.13. The van der Waals surface area contributed by atoms with Gasteiger partial charge >= 0.3 is 6.18 Å². The molecule has 0 saturated carbocycles. The van der Waals surface area contributed by atoms with Crippen LogP contribution in [0.1, 0.15) is 35.4 Å². The summed E-state index contributed by atoms with van der Waals surface area (Å²) < 4.78 is 43.7. The molecule has 0 atom stereocenters. The molecule has 0 bridgehead atoms. The van der Waals surface area contributed by atoms with Crippen molar-refractivity contribution in [3.63, 3.8) is 0 Å². The van der Waals surface area contributed by atoms with Crippen LogP contribution in [-0.4, -0.2) is 17.5 Å². The van der Waals surface area contributed by atoms with Crippen LogP contribution in [-0.2, 0) is 19.3 Å². The van der Waals surface area contributed by atoms with Crippen molar-refractivity contribution in [2.24, 2.45) is 4.99 Å². The smallest absolute Gasteiger partial charge is 0.416 e. The minimum atomic E-state index is -4.36. The second kappa shape index (κ2) is 8.04. The van der Waals surface area contributed by atoms with E-state index < -0.39 is 11.7 Å². The Balaban J connectivity index is 2.04. The van der Waals surface area contributed by atoms with Crippen molar-refractivity contribution < 1.29 is 17.6 Å². The highest BCUT2D eigenvalue weighted by molar-refractivity contribution is 5.79. The van der Waals surface area contributed by atoms with Crippen molar-refractivity contribution in [1.82, 2.24) is 15.6 Å². The molecule has 0 aliphatic carbocycles. The predicted molar refractivity (Wildman–Crippen MR) is 89.1 cm³/mol. The van der Waals surface area contributed by atoms with Crippen molar-refractivity contribution in [2.45, 2.75) is 40.0 Å². The van der Waals surface area contributed by atoms with Gasteiger partial charge in [0.05, 0.1) is 24.3 Å². The van der Waals surface area contributed by atoms with Crippen LogP contribution in [0.15, 0.2) is 33.7 Å². The van der Waals surface area contributed by atoms with E-state index in [2.05, 4.69) is 20.6 Å². The standard InChI is InChI=1S/C17H21F3N4O/c1-4-21-16(23-10-15-24-11(2)12(3)25-15)22-9-13-6-5-7-14(8-13)17(18,19)20/h5-8H,4,9-10H2,1-3H3,(H2,21,22,23). The Hall–Kier alpha value is -2.51. The minimum Gasteiger partial charge on any atom is -0.444 e. The summed E-state index contributed by atoms with van der Waals surface area (Å²) in [5.41, 5.74) is 0.626. The van der Waals surface area contributed by atoms with E-state index >= 15 is 0 Å². The van der Waals surface area contributed by atoms with Gasteiger partial charge < -0.3 is 15.1 Å². The van der Waals surface area contributed by atoms with Gasteiger partial charge in [-0.25, -0.2) is 9.98 Å². The van der Waals surface area contributed by atoms with Gasteiger partial charge in [0.15, 0.2) is 5.96 Å². The topological polar surface area (TPSA) is 62.5 Å². The Morgan fingerprint density at radius 2 is 2.00 bits per heavy atom. The van der Waals surface area contributed by atoms with Crippen LogP contribution >= 0.6 is 0 Å². The fourth-order valence-electron chi connectivity index (χ4n) is 2.13. The molecule has 0 spiro atoms. The molecule has 1 aromatic heterocycles. The maximum atomic E-state index is 12.8. The summed E-state index contributed by atoms with van der Waals surface area (Å²) in [5.74, 6) is 1.76. The molecule has 0 aliphatic heterocycles. The van der Waals surface area contributed by atoms with Crippen LogP contribution in [0, 0.1) is 13.8 Å². The van der Waals surface area contributed by atoms with Gasteiger partial charge in [-0.3, -0.25) is 0 Å². The lowest BCUT2D eigenvalue weighted by Gasteiger charge is -2.11. The molecule has 2 rings (SSSR count). The molecule has 2 aromatic rings. The molecule has 0 saturated heterocycles. The first-order chi connectivity index (χ1) is 11.8. The zero-order valence-corrected chi connectivity index (χ0v) is 14.4. The number of hydrogen-bond acceptors (Lipinski definition) is 3. The molecule has 8 heteroatoms. The van der Waals surface area contributed by atoms with Crippen LogP contribution < -0.4 is 10.6 Å². The average molecular weight is 354 g/mol. The number of aromatic nitrogens is 1. The third-order valence-electron chi connectivity index (χ3n) is 3.50. The van der Waals surface area contributed by atoms with Crippen LogP contribution in [0.5, 0.6) is 0 Å². The normalized spacial score (nSPS) is 12.3. The van der Waals surface area contributed by atoms with Gasteiger partial charge in [-0.2, -0.15) is 13.2 Å². The summed E-state index contributed by atoms with van der Waals surface area (Å²) in [4.78, 5) is 8.57. The van der Waals surface area contributed by atoms with Crippen LogP contribution in [0.4, 0.5) is 13.2 Å². The van der Waals surface area contributed by atoms with Gasteiger partial charge in [0.1, 0.15) is 5.76 Å². The van der Waals surface area contributed by atoms with Crippen LogP contribution in [0.3, 0.4) is 0 Å². The molecule has 2 N–H and O–H groups in total. The van der Waals surface area contributed by atoms with E-state index in [0.717, 1.165) is 23.6 Å². The van der Waals surface area contributed by atoms with Gasteiger partial charge in [-0.1, -0.05) is 12.1 Å². The van der Waals surface area contributed by atoms with Crippen LogP contribution in [0.25, 0.3) is 0 Å². The number of hydrogen-bond donors (Lipinski definition) is 2. The van der Waals surface area contributed by atoms with Crippen molar-refractivity contribution >= 4 is 5.96 Å². The lowest BCUT2D eigenvalue weighted by atomic mass is 10.1. The molecule has 25 heavy (non-hydrogen) atoms. The summed E-state index contributed by atoms with van der Waals surface area (Å²) >= 11 is 0. The van der Waals surface area contributed by atoms with Gasteiger partial charge in [0.25, 0.3) is 0 Å². The highest BCUT2D eigenvalue weighted by Crippen LogP contribution is 2.29. The van der Waals surface area contributed by atoms with E-state index in [9.17, 15) is 13.2 Å². The summed E-state index contributed by atoms with van der Waals surface area (Å²) in [6, 6.07) is 5.15. The van der Waals surface area contributed by atoms with Gasteiger partial charge in [0.2, 0.25) is 5.89 Å². The number of benzene rings is 1. The lowest BCUT2D eigenvalue weighted by Crippen LogP contribution is -2.36. The van der Waals surface area contributed by atoms with Crippen molar-refractivity contribution in [1.29, 1.82) is 0 Å². The maximum Gasteiger partial charge on any atom is 0.416 e. The Kier molecular flexibility index (Phi) is 6.06. The highest BCUT2D eigenvalue weighted by Gasteiger charge is 2.30. The van der Waals surface area contributed by atoms with Gasteiger partial charge in [0, 0.05) is 6.54 Å². The Bertz CT molecular complexity index is 718. The molecule has 5 nitrogen and oxygen atoms in total. The first kappa shape index (κ1) is 18.8. The number of halogens is 3. The number of aryl methyl sites for hydroxylation is 2. The number of guanidine groups is 1. The summed E-state index contributed by atoms with van der Waals surface area (Å²) in [5, 5.41) is 6.09. The van der Waals surface area contributed by atoms with Crippen molar-refractivity contribution in [3.05, 3.63) is 52.7 Å². The summed E-state index contributed by atoms with van der Waals surface area (Å²) in [7, 11) is 0. The third kappa shape index (κ3) is 5.51. The van der Waals surface area contributed by atoms with E-state index in [0.29, 0.717) is 30.5 Å². The predicted octanol–water partition coefficient (Wildman–Crippen LogP) is 3.57. The van der Waals surface area contributed by atoms with E-state index in [4.69, 9.17) is 4.42 Å². The number of rotatable bonds is 5. The number of aliphatic imine (C=N–C) groups is 1. The first-order valence-corrected chi connectivity index (χ1v) is 7.90. The maximum absolute atomic E-state index is 12.8. The Morgan fingerprint density at radius 1 is 1.24 bits per heavy atom. The highest BCUT2D eigenvalue weighted by atomic mass is 19.4. The summed E-state index contributed by atoms with van der Waals surface area (Å²) in [6.45, 7) is 6.68.